The number of carbonyl (C=O) groups is 1. The highest BCUT2D eigenvalue weighted by molar-refractivity contribution is 5.92. The molecule has 1 amide bonds. The molecule has 0 unspecified atom stereocenters. The van der Waals surface area contributed by atoms with E-state index in [4.69, 9.17) is 0 Å². The van der Waals surface area contributed by atoms with Gasteiger partial charge < -0.3 is 10.2 Å². The van der Waals surface area contributed by atoms with E-state index in [1.54, 1.807) is 0 Å². The Kier molecular flexibility index (Phi) is 6.44. The second kappa shape index (κ2) is 8.33. The summed E-state index contributed by atoms with van der Waals surface area (Å²) in [5.74, 6) is -0.577. The molecule has 1 fully saturated rings. The van der Waals surface area contributed by atoms with E-state index in [0.29, 0.717) is 6.54 Å². The number of nitrogens with zero attached hydrogens (tertiary/aromatic N) is 2. The molecule has 0 atom stereocenters. The molecule has 1 saturated heterocycles. The van der Waals surface area contributed by atoms with E-state index >= 15 is 0 Å². The monoisotopic (exact) mass is 332 g/mol. The van der Waals surface area contributed by atoms with E-state index in [0.717, 1.165) is 38.5 Å². The van der Waals surface area contributed by atoms with Crippen molar-refractivity contribution in [2.24, 2.45) is 0 Å². The van der Waals surface area contributed by atoms with Gasteiger partial charge in [0.1, 0.15) is 5.69 Å². The maximum Gasteiger partial charge on any atom is 0.432 e. The zero-order valence-corrected chi connectivity index (χ0v) is 13.1. The zero-order valence-electron chi connectivity index (χ0n) is 13.1. The Labute approximate surface area is 133 Å². The molecule has 2 rings (SSSR count). The molecular formula is C15H23F3N4O. The van der Waals surface area contributed by atoms with Gasteiger partial charge >= 0.3 is 6.18 Å². The van der Waals surface area contributed by atoms with Crippen molar-refractivity contribution in [2.75, 3.05) is 26.2 Å². The van der Waals surface area contributed by atoms with Crippen LogP contribution in [0.25, 0.3) is 0 Å². The molecule has 0 bridgehead atoms. The van der Waals surface area contributed by atoms with E-state index in [2.05, 4.69) is 15.3 Å². The predicted octanol–water partition coefficient (Wildman–Crippen LogP) is 2.81. The lowest BCUT2D eigenvalue weighted by molar-refractivity contribution is -0.141. The number of aromatic amines is 1. The number of likely N-dealkylation sites (tertiary alicyclic amines) is 1. The topological polar surface area (TPSA) is 61.0 Å². The standard InChI is InChI=1S/C15H23F3N4O/c16-15(17,18)13-11-12(20-21-13)14(23)19-7-3-6-10-22-8-4-1-2-5-9-22/h11H,1-10H2,(H,19,23)(H,20,21). The third-order valence-electron chi connectivity index (χ3n) is 4.00. The lowest BCUT2D eigenvalue weighted by atomic mass is 10.2. The number of hydrogen-bond acceptors (Lipinski definition) is 3. The number of H-pyrrole nitrogens is 1. The van der Waals surface area contributed by atoms with Crippen LogP contribution in [0.15, 0.2) is 6.07 Å². The number of nitrogens with one attached hydrogen (secondary N) is 2. The Bertz CT molecular complexity index is 493. The van der Waals surface area contributed by atoms with E-state index < -0.39 is 17.8 Å². The van der Waals surface area contributed by atoms with Crippen molar-refractivity contribution in [1.29, 1.82) is 0 Å². The molecule has 0 saturated carbocycles. The zero-order chi connectivity index (χ0) is 16.7. The summed E-state index contributed by atoms with van der Waals surface area (Å²) in [6.07, 6.45) is 2.35. The van der Waals surface area contributed by atoms with Crippen molar-refractivity contribution < 1.29 is 18.0 Å². The first-order valence-corrected chi connectivity index (χ1v) is 8.10. The van der Waals surface area contributed by atoms with Crippen LogP contribution < -0.4 is 5.32 Å². The van der Waals surface area contributed by atoms with Crippen LogP contribution in [-0.2, 0) is 6.18 Å². The Hall–Kier alpha value is -1.57. The number of hydrogen-bond donors (Lipinski definition) is 2. The second-order valence-corrected chi connectivity index (χ2v) is 5.88. The SMILES string of the molecule is O=C(NCCCCN1CCCCCC1)c1cc(C(F)(F)F)[nH]n1. The Morgan fingerprint density at radius 1 is 1.22 bits per heavy atom. The third-order valence-corrected chi connectivity index (χ3v) is 4.00. The van der Waals surface area contributed by atoms with Gasteiger partial charge in [-0.3, -0.25) is 9.89 Å². The lowest BCUT2D eigenvalue weighted by Gasteiger charge is -2.19. The first kappa shape index (κ1) is 17.8. The fraction of sp³-hybridized carbons (Fsp3) is 0.733. The summed E-state index contributed by atoms with van der Waals surface area (Å²) in [4.78, 5) is 14.2. The van der Waals surface area contributed by atoms with Crippen LogP contribution in [0.2, 0.25) is 0 Å². The van der Waals surface area contributed by atoms with Crippen LogP contribution in [0.5, 0.6) is 0 Å². The van der Waals surface area contributed by atoms with Crippen molar-refractivity contribution >= 4 is 5.91 Å². The smallest absolute Gasteiger partial charge is 0.351 e. The van der Waals surface area contributed by atoms with E-state index in [1.165, 1.54) is 25.7 Å². The molecule has 1 aromatic rings. The van der Waals surface area contributed by atoms with Gasteiger partial charge in [0.25, 0.3) is 5.91 Å². The van der Waals surface area contributed by atoms with Crippen LogP contribution in [-0.4, -0.2) is 47.2 Å². The average molecular weight is 332 g/mol. The summed E-state index contributed by atoms with van der Waals surface area (Å²) in [6, 6.07) is 0.729. The van der Waals surface area contributed by atoms with Crippen molar-refractivity contribution in [3.05, 3.63) is 17.5 Å². The fourth-order valence-corrected chi connectivity index (χ4v) is 2.70. The van der Waals surface area contributed by atoms with E-state index in [9.17, 15) is 18.0 Å². The van der Waals surface area contributed by atoms with Crippen LogP contribution in [0.1, 0.15) is 54.7 Å². The van der Waals surface area contributed by atoms with Crippen LogP contribution in [0, 0.1) is 0 Å². The minimum Gasteiger partial charge on any atom is -0.351 e. The highest BCUT2D eigenvalue weighted by atomic mass is 19.4. The minimum absolute atomic E-state index is 0.232. The first-order chi connectivity index (χ1) is 11.0. The summed E-state index contributed by atoms with van der Waals surface area (Å²) in [6.45, 7) is 3.73. The molecule has 0 aliphatic carbocycles. The van der Waals surface area contributed by atoms with E-state index in [1.807, 2.05) is 5.10 Å². The van der Waals surface area contributed by atoms with Gasteiger partial charge in [-0.05, 0) is 45.3 Å². The summed E-state index contributed by atoms with van der Waals surface area (Å²) >= 11 is 0. The largest absolute Gasteiger partial charge is 0.432 e. The molecule has 0 radical (unpaired) electrons. The maximum absolute atomic E-state index is 12.4. The highest BCUT2D eigenvalue weighted by Gasteiger charge is 2.33. The molecular weight excluding hydrogens is 309 g/mol. The number of halogens is 3. The summed E-state index contributed by atoms with van der Waals surface area (Å²) in [5, 5.41) is 7.84. The van der Waals surface area contributed by atoms with Gasteiger partial charge in [-0.2, -0.15) is 18.3 Å². The van der Waals surface area contributed by atoms with Gasteiger partial charge in [0.2, 0.25) is 0 Å². The Morgan fingerprint density at radius 2 is 1.91 bits per heavy atom. The summed E-state index contributed by atoms with van der Waals surface area (Å²) < 4.78 is 37.2. The molecule has 1 aliphatic rings. The summed E-state index contributed by atoms with van der Waals surface area (Å²) in [7, 11) is 0. The lowest BCUT2D eigenvalue weighted by Crippen LogP contribution is -2.28. The number of amides is 1. The average Bonchev–Trinajstić information content (AvgIpc) is 2.86. The molecule has 1 aliphatic heterocycles. The Balaban J connectivity index is 1.64. The van der Waals surface area contributed by atoms with Gasteiger partial charge in [-0.15, -0.1) is 0 Å². The Morgan fingerprint density at radius 3 is 2.52 bits per heavy atom. The predicted molar refractivity (Wildman–Crippen MR) is 80.1 cm³/mol. The van der Waals surface area contributed by atoms with Crippen molar-refractivity contribution in [3.63, 3.8) is 0 Å². The molecule has 8 heteroatoms. The van der Waals surface area contributed by atoms with Gasteiger partial charge in [0, 0.05) is 12.6 Å². The molecule has 23 heavy (non-hydrogen) atoms. The van der Waals surface area contributed by atoms with Crippen molar-refractivity contribution in [3.8, 4) is 0 Å². The summed E-state index contributed by atoms with van der Waals surface area (Å²) in [5.41, 5.74) is -1.24. The normalized spacial score (nSPS) is 17.0. The number of aromatic nitrogens is 2. The van der Waals surface area contributed by atoms with Gasteiger partial charge in [-0.1, -0.05) is 12.8 Å². The van der Waals surface area contributed by atoms with Crippen molar-refractivity contribution in [2.45, 2.75) is 44.7 Å². The number of unbranched alkanes of at least 4 members (excludes halogenated alkanes) is 1. The number of alkyl halides is 3. The molecule has 0 spiro atoms. The fourth-order valence-electron chi connectivity index (χ4n) is 2.70. The van der Waals surface area contributed by atoms with E-state index in [-0.39, 0.29) is 5.69 Å². The maximum atomic E-state index is 12.4. The van der Waals surface area contributed by atoms with Gasteiger partial charge in [0.05, 0.1) is 0 Å². The minimum atomic E-state index is -4.52. The van der Waals surface area contributed by atoms with Crippen LogP contribution in [0.4, 0.5) is 13.2 Å². The highest BCUT2D eigenvalue weighted by Crippen LogP contribution is 2.27. The van der Waals surface area contributed by atoms with Gasteiger partial charge in [-0.25, -0.2) is 0 Å². The molecule has 5 nitrogen and oxygen atoms in total. The number of carbonyl (C=O) groups excluding carboxylic acids is 1. The quantitative estimate of drug-likeness (QED) is 0.788. The van der Waals surface area contributed by atoms with Crippen molar-refractivity contribution in [1.82, 2.24) is 20.4 Å². The molecule has 130 valence electrons. The van der Waals surface area contributed by atoms with Crippen LogP contribution in [0.3, 0.4) is 0 Å². The molecule has 2 N–H and O–H groups in total. The second-order valence-electron chi connectivity index (χ2n) is 5.88. The molecule has 1 aromatic heterocycles. The molecule has 0 aromatic carbocycles. The third kappa shape index (κ3) is 5.85. The van der Waals surface area contributed by atoms with Crippen LogP contribution >= 0.6 is 0 Å². The van der Waals surface area contributed by atoms with Gasteiger partial charge in [0.15, 0.2) is 5.69 Å². The number of rotatable bonds is 6. The first-order valence-electron chi connectivity index (χ1n) is 8.10. The molecule has 2 heterocycles.